The van der Waals surface area contributed by atoms with Gasteiger partial charge < -0.3 is 9.64 Å². The Labute approximate surface area is 177 Å². The molecule has 7 nitrogen and oxygen atoms in total. The molecule has 1 aromatic rings. The zero-order chi connectivity index (χ0) is 22.0. The van der Waals surface area contributed by atoms with Gasteiger partial charge in [0.15, 0.2) is 6.61 Å². The largest absolute Gasteiger partial charge is 0.452 e. The van der Waals surface area contributed by atoms with Crippen LogP contribution in [0.15, 0.2) is 18.2 Å². The van der Waals surface area contributed by atoms with Gasteiger partial charge in [0.05, 0.1) is 16.7 Å². The van der Waals surface area contributed by atoms with Gasteiger partial charge in [0.2, 0.25) is 0 Å². The Morgan fingerprint density at radius 2 is 1.70 bits per heavy atom. The average molecular weight is 415 g/mol. The lowest BCUT2D eigenvalue weighted by Crippen LogP contribution is -2.44. The second kappa shape index (κ2) is 8.98. The normalized spacial score (nSPS) is 21.2. The van der Waals surface area contributed by atoms with E-state index in [0.717, 1.165) is 12.8 Å². The first-order chi connectivity index (χ1) is 14.2. The van der Waals surface area contributed by atoms with Crippen molar-refractivity contribution in [2.75, 3.05) is 26.2 Å². The third-order valence-corrected chi connectivity index (χ3v) is 5.68. The first-order valence-electron chi connectivity index (χ1n) is 10.6. The number of carbonyl (C=O) groups is 4. The molecule has 0 radical (unpaired) electrons. The Morgan fingerprint density at radius 3 is 2.33 bits per heavy atom. The summed E-state index contributed by atoms with van der Waals surface area (Å²) in [4.78, 5) is 52.9. The second-order valence-corrected chi connectivity index (χ2v) is 9.03. The van der Waals surface area contributed by atoms with Crippen LogP contribution in [0.4, 0.5) is 0 Å². The third-order valence-electron chi connectivity index (χ3n) is 5.68. The highest BCUT2D eigenvalue weighted by atomic mass is 16.5. The standard InChI is InChI=1S/C23H30N2O5/c1-14(2)7-8-25-21(27)18-6-5-17(10-19(18)22(25)28)23(29)30-13-20(26)24-11-15(3)9-16(4)12-24/h5-6,10,14-16H,7-9,11-13H2,1-4H3/t15-,16-/m0/s1. The Morgan fingerprint density at radius 1 is 1.07 bits per heavy atom. The van der Waals surface area contributed by atoms with Gasteiger partial charge in [-0.2, -0.15) is 0 Å². The molecule has 162 valence electrons. The van der Waals surface area contributed by atoms with Crippen molar-refractivity contribution >= 4 is 23.7 Å². The van der Waals surface area contributed by atoms with E-state index in [4.69, 9.17) is 4.74 Å². The molecule has 2 aliphatic rings. The van der Waals surface area contributed by atoms with Crippen molar-refractivity contribution in [3.63, 3.8) is 0 Å². The van der Waals surface area contributed by atoms with Crippen LogP contribution < -0.4 is 0 Å². The molecule has 0 N–H and O–H groups in total. The number of rotatable bonds is 6. The highest BCUT2D eigenvalue weighted by molar-refractivity contribution is 6.22. The Kier molecular flexibility index (Phi) is 6.58. The molecule has 0 saturated carbocycles. The van der Waals surface area contributed by atoms with Gasteiger partial charge in [0.25, 0.3) is 17.7 Å². The number of piperidine rings is 1. The number of esters is 1. The zero-order valence-electron chi connectivity index (χ0n) is 18.1. The van der Waals surface area contributed by atoms with Crippen LogP contribution in [-0.4, -0.2) is 59.7 Å². The topological polar surface area (TPSA) is 84.0 Å². The molecule has 0 aliphatic carbocycles. The van der Waals surface area contributed by atoms with Gasteiger partial charge in [0, 0.05) is 19.6 Å². The number of ether oxygens (including phenoxy) is 1. The number of hydrogen-bond acceptors (Lipinski definition) is 5. The maximum atomic E-state index is 12.6. The van der Waals surface area contributed by atoms with Gasteiger partial charge in [0.1, 0.15) is 0 Å². The Hall–Kier alpha value is -2.70. The van der Waals surface area contributed by atoms with Crippen molar-refractivity contribution in [2.45, 2.75) is 40.5 Å². The molecule has 0 aromatic heterocycles. The molecule has 0 bridgehead atoms. The van der Waals surface area contributed by atoms with Crippen LogP contribution in [0.3, 0.4) is 0 Å². The van der Waals surface area contributed by atoms with Crippen molar-refractivity contribution in [2.24, 2.45) is 17.8 Å². The molecular weight excluding hydrogens is 384 g/mol. The molecule has 3 amide bonds. The van der Waals surface area contributed by atoms with Gasteiger partial charge in [-0.1, -0.05) is 27.7 Å². The van der Waals surface area contributed by atoms with E-state index in [0.29, 0.717) is 43.0 Å². The number of amides is 3. The highest BCUT2D eigenvalue weighted by Gasteiger charge is 2.36. The summed E-state index contributed by atoms with van der Waals surface area (Å²) < 4.78 is 5.20. The Balaban J connectivity index is 1.63. The number of nitrogens with zero attached hydrogens (tertiary/aromatic N) is 2. The summed E-state index contributed by atoms with van der Waals surface area (Å²) in [5, 5.41) is 0. The van der Waals surface area contributed by atoms with Crippen LogP contribution >= 0.6 is 0 Å². The first kappa shape index (κ1) is 22.0. The average Bonchev–Trinajstić information content (AvgIpc) is 2.93. The minimum atomic E-state index is -0.676. The molecule has 2 atom stereocenters. The SMILES string of the molecule is CC(C)CCN1C(=O)c2ccc(C(=O)OCC(=O)N3C[C@@H](C)C[C@H](C)C3)cc2C1=O. The molecule has 2 aliphatic heterocycles. The van der Waals surface area contributed by atoms with Gasteiger partial charge in [-0.15, -0.1) is 0 Å². The number of carbonyl (C=O) groups excluding carboxylic acids is 4. The van der Waals surface area contributed by atoms with Crippen LogP contribution in [0.2, 0.25) is 0 Å². The summed E-state index contributed by atoms with van der Waals surface area (Å²) in [6, 6.07) is 4.34. The quantitative estimate of drug-likeness (QED) is 0.528. The fraction of sp³-hybridized carbons (Fsp3) is 0.565. The van der Waals surface area contributed by atoms with Gasteiger partial charge >= 0.3 is 5.97 Å². The number of imide groups is 1. The number of likely N-dealkylation sites (tertiary alicyclic amines) is 1. The summed E-state index contributed by atoms with van der Waals surface area (Å²) in [5.41, 5.74) is 0.671. The number of fused-ring (bicyclic) bond motifs is 1. The van der Waals surface area contributed by atoms with E-state index in [1.807, 2.05) is 13.8 Å². The molecule has 7 heteroatoms. The fourth-order valence-electron chi connectivity index (χ4n) is 4.18. The molecule has 0 unspecified atom stereocenters. The molecule has 1 saturated heterocycles. The van der Waals surface area contributed by atoms with Gasteiger partial charge in [-0.05, 0) is 48.8 Å². The van der Waals surface area contributed by atoms with Crippen molar-refractivity contribution in [3.05, 3.63) is 34.9 Å². The lowest BCUT2D eigenvalue weighted by molar-refractivity contribution is -0.137. The first-order valence-corrected chi connectivity index (χ1v) is 10.6. The van der Waals surface area contributed by atoms with Gasteiger partial charge in [-0.3, -0.25) is 19.3 Å². The second-order valence-electron chi connectivity index (χ2n) is 9.03. The summed E-state index contributed by atoms with van der Waals surface area (Å²) in [6.45, 7) is 9.63. The smallest absolute Gasteiger partial charge is 0.338 e. The van der Waals surface area contributed by atoms with E-state index < -0.39 is 11.9 Å². The third kappa shape index (κ3) is 4.71. The maximum Gasteiger partial charge on any atom is 0.338 e. The predicted molar refractivity (Wildman–Crippen MR) is 111 cm³/mol. The van der Waals surface area contributed by atoms with Gasteiger partial charge in [-0.25, -0.2) is 4.79 Å². The molecule has 0 spiro atoms. The van der Waals surface area contributed by atoms with Crippen molar-refractivity contribution in [3.8, 4) is 0 Å². The minimum absolute atomic E-state index is 0.161. The number of hydrogen-bond donors (Lipinski definition) is 0. The summed E-state index contributed by atoms with van der Waals surface area (Å²) in [5.74, 6) is -0.404. The van der Waals surface area contributed by atoms with E-state index in [2.05, 4.69) is 13.8 Å². The van der Waals surface area contributed by atoms with Crippen LogP contribution in [0.5, 0.6) is 0 Å². The molecule has 3 rings (SSSR count). The summed E-state index contributed by atoms with van der Waals surface area (Å²) in [7, 11) is 0. The molecule has 1 fully saturated rings. The Bertz CT molecular complexity index is 853. The van der Waals surface area contributed by atoms with E-state index in [1.165, 1.54) is 23.1 Å². The van der Waals surface area contributed by atoms with Crippen LogP contribution in [0, 0.1) is 17.8 Å². The molecule has 1 aromatic carbocycles. The highest BCUT2D eigenvalue weighted by Crippen LogP contribution is 2.25. The summed E-state index contributed by atoms with van der Waals surface area (Å²) in [6.07, 6.45) is 1.80. The zero-order valence-corrected chi connectivity index (χ0v) is 18.1. The van der Waals surface area contributed by atoms with E-state index in [1.54, 1.807) is 4.90 Å². The number of benzene rings is 1. The molecule has 30 heavy (non-hydrogen) atoms. The lowest BCUT2D eigenvalue weighted by Gasteiger charge is -2.34. The van der Waals surface area contributed by atoms with Crippen molar-refractivity contribution < 1.29 is 23.9 Å². The van der Waals surface area contributed by atoms with E-state index in [-0.39, 0.29) is 29.5 Å². The van der Waals surface area contributed by atoms with Crippen molar-refractivity contribution in [1.29, 1.82) is 0 Å². The fourth-order valence-corrected chi connectivity index (χ4v) is 4.18. The minimum Gasteiger partial charge on any atom is -0.452 e. The monoisotopic (exact) mass is 414 g/mol. The van der Waals surface area contributed by atoms with E-state index in [9.17, 15) is 19.2 Å². The van der Waals surface area contributed by atoms with E-state index >= 15 is 0 Å². The molecule has 2 heterocycles. The molecular formula is C23H30N2O5. The maximum absolute atomic E-state index is 12.6. The van der Waals surface area contributed by atoms with Crippen LogP contribution in [-0.2, 0) is 9.53 Å². The lowest BCUT2D eigenvalue weighted by atomic mass is 9.92. The van der Waals surface area contributed by atoms with Crippen molar-refractivity contribution in [1.82, 2.24) is 9.80 Å². The summed E-state index contributed by atoms with van der Waals surface area (Å²) >= 11 is 0. The predicted octanol–water partition coefficient (Wildman–Crippen LogP) is 2.99. The van der Waals surface area contributed by atoms with Crippen LogP contribution in [0.1, 0.15) is 71.6 Å². The van der Waals surface area contributed by atoms with Crippen LogP contribution in [0.25, 0.3) is 0 Å².